The molecule has 1 unspecified atom stereocenters. The minimum absolute atomic E-state index is 0.0131. The average molecular weight is 446 g/mol. The topological polar surface area (TPSA) is 53.5 Å². The standard InChI is InChI=1S/C27H28FN3O2/c1-30(2)26(33)27(15-7-17-31(19-27)25(32)24-10-5-6-16-29-24)18-20-11-13-21(14-12-20)22-8-3-4-9-23(22)28/h3-6,8-14,16H,7,15,17-19H2,1-2H3. The Morgan fingerprint density at radius 1 is 1.03 bits per heavy atom. The molecule has 2 amide bonds. The highest BCUT2D eigenvalue weighted by Crippen LogP contribution is 2.36. The molecule has 1 fully saturated rings. The minimum atomic E-state index is -0.717. The van der Waals surface area contributed by atoms with E-state index in [1.807, 2.05) is 30.3 Å². The zero-order chi connectivity index (χ0) is 23.4. The number of nitrogens with zero attached hydrogens (tertiary/aromatic N) is 3. The first kappa shape index (κ1) is 22.6. The molecule has 170 valence electrons. The van der Waals surface area contributed by atoms with Crippen molar-refractivity contribution in [2.75, 3.05) is 27.2 Å². The zero-order valence-electron chi connectivity index (χ0n) is 19.0. The second-order valence-electron chi connectivity index (χ2n) is 8.88. The number of carbonyl (C=O) groups is 2. The third-order valence-corrected chi connectivity index (χ3v) is 6.29. The van der Waals surface area contributed by atoms with Crippen molar-refractivity contribution in [3.8, 4) is 11.1 Å². The molecule has 1 aromatic heterocycles. The van der Waals surface area contributed by atoms with Gasteiger partial charge in [0, 0.05) is 38.9 Å². The van der Waals surface area contributed by atoms with Crippen molar-refractivity contribution in [3.05, 3.63) is 90.0 Å². The van der Waals surface area contributed by atoms with Gasteiger partial charge in [-0.3, -0.25) is 14.6 Å². The average Bonchev–Trinajstić information content (AvgIpc) is 2.84. The molecular formula is C27H28FN3O2. The summed E-state index contributed by atoms with van der Waals surface area (Å²) < 4.78 is 14.2. The summed E-state index contributed by atoms with van der Waals surface area (Å²) in [4.78, 5) is 34.0. The summed E-state index contributed by atoms with van der Waals surface area (Å²) in [5.41, 5.74) is 2.00. The van der Waals surface area contributed by atoms with Gasteiger partial charge in [0.15, 0.2) is 0 Å². The number of hydrogen-bond donors (Lipinski definition) is 0. The molecule has 33 heavy (non-hydrogen) atoms. The second kappa shape index (κ2) is 9.53. The molecule has 1 aliphatic heterocycles. The van der Waals surface area contributed by atoms with Gasteiger partial charge in [0.05, 0.1) is 5.41 Å². The molecule has 2 heterocycles. The Morgan fingerprint density at radius 2 is 1.76 bits per heavy atom. The van der Waals surface area contributed by atoms with Crippen LogP contribution in [-0.2, 0) is 11.2 Å². The number of piperidine rings is 1. The number of likely N-dealkylation sites (tertiary alicyclic amines) is 1. The number of benzene rings is 2. The van der Waals surface area contributed by atoms with Gasteiger partial charge in [0.25, 0.3) is 5.91 Å². The molecule has 1 atom stereocenters. The highest BCUT2D eigenvalue weighted by molar-refractivity contribution is 5.93. The van der Waals surface area contributed by atoms with Gasteiger partial charge in [0.2, 0.25) is 5.91 Å². The molecule has 2 aromatic carbocycles. The SMILES string of the molecule is CN(C)C(=O)C1(Cc2ccc(-c3ccccc3F)cc2)CCCN(C(=O)c2ccccn2)C1. The van der Waals surface area contributed by atoms with Gasteiger partial charge in [-0.25, -0.2) is 4.39 Å². The smallest absolute Gasteiger partial charge is 0.272 e. The van der Waals surface area contributed by atoms with Crippen LogP contribution in [-0.4, -0.2) is 53.8 Å². The third-order valence-electron chi connectivity index (χ3n) is 6.29. The van der Waals surface area contributed by atoms with Gasteiger partial charge in [-0.05, 0) is 48.6 Å². The molecule has 0 saturated carbocycles. The normalized spacial score (nSPS) is 18.1. The molecule has 0 bridgehead atoms. The number of pyridine rings is 1. The van der Waals surface area contributed by atoms with Crippen molar-refractivity contribution < 1.29 is 14.0 Å². The van der Waals surface area contributed by atoms with Gasteiger partial charge in [0.1, 0.15) is 11.5 Å². The fraction of sp³-hybridized carbons (Fsp3) is 0.296. The largest absolute Gasteiger partial charge is 0.348 e. The lowest BCUT2D eigenvalue weighted by molar-refractivity contribution is -0.142. The molecule has 5 nitrogen and oxygen atoms in total. The molecule has 1 saturated heterocycles. The number of carbonyl (C=O) groups excluding carboxylic acids is 2. The first-order valence-electron chi connectivity index (χ1n) is 11.2. The fourth-order valence-electron chi connectivity index (χ4n) is 4.71. The van der Waals surface area contributed by atoms with Crippen molar-refractivity contribution in [2.45, 2.75) is 19.3 Å². The van der Waals surface area contributed by atoms with Gasteiger partial charge < -0.3 is 9.80 Å². The van der Waals surface area contributed by atoms with Crippen molar-refractivity contribution in [1.29, 1.82) is 0 Å². The van der Waals surface area contributed by atoms with E-state index in [1.54, 1.807) is 60.4 Å². The van der Waals surface area contributed by atoms with Crippen molar-refractivity contribution in [1.82, 2.24) is 14.8 Å². The molecule has 0 N–H and O–H groups in total. The molecular weight excluding hydrogens is 417 g/mol. The van der Waals surface area contributed by atoms with Crippen molar-refractivity contribution in [3.63, 3.8) is 0 Å². The monoisotopic (exact) mass is 445 g/mol. The van der Waals surface area contributed by atoms with Crippen LogP contribution in [0.4, 0.5) is 4.39 Å². The van der Waals surface area contributed by atoms with Gasteiger partial charge in [-0.1, -0.05) is 48.5 Å². The lowest BCUT2D eigenvalue weighted by Gasteiger charge is -2.43. The van der Waals surface area contributed by atoms with Crippen molar-refractivity contribution in [2.24, 2.45) is 5.41 Å². The number of halogens is 1. The van der Waals surface area contributed by atoms with E-state index in [2.05, 4.69) is 4.98 Å². The molecule has 0 radical (unpaired) electrons. The third kappa shape index (κ3) is 4.80. The van der Waals surface area contributed by atoms with Crippen LogP contribution in [0.15, 0.2) is 72.9 Å². The summed E-state index contributed by atoms with van der Waals surface area (Å²) >= 11 is 0. The Morgan fingerprint density at radius 3 is 2.42 bits per heavy atom. The van der Waals surface area contributed by atoms with Crippen LogP contribution in [0.3, 0.4) is 0 Å². The first-order chi connectivity index (χ1) is 15.9. The van der Waals surface area contributed by atoms with E-state index in [4.69, 9.17) is 0 Å². The van der Waals surface area contributed by atoms with E-state index >= 15 is 0 Å². The Balaban J connectivity index is 1.60. The van der Waals surface area contributed by atoms with Crippen LogP contribution in [0.1, 0.15) is 28.9 Å². The molecule has 0 aliphatic carbocycles. The van der Waals surface area contributed by atoms with Crippen LogP contribution in [0.2, 0.25) is 0 Å². The first-order valence-corrected chi connectivity index (χ1v) is 11.2. The maximum absolute atomic E-state index is 14.2. The van der Waals surface area contributed by atoms with Crippen LogP contribution in [0.5, 0.6) is 0 Å². The summed E-state index contributed by atoms with van der Waals surface area (Å²) in [5, 5.41) is 0. The van der Waals surface area contributed by atoms with E-state index in [-0.39, 0.29) is 17.6 Å². The Kier molecular flexibility index (Phi) is 6.54. The Labute approximate surface area is 193 Å². The van der Waals surface area contributed by atoms with E-state index in [9.17, 15) is 14.0 Å². The predicted octanol–water partition coefficient (Wildman–Crippen LogP) is 4.44. The lowest BCUT2D eigenvalue weighted by atomic mass is 9.73. The summed E-state index contributed by atoms with van der Waals surface area (Å²) in [6.45, 7) is 0.943. The summed E-state index contributed by atoms with van der Waals surface area (Å²) in [7, 11) is 3.51. The molecule has 0 spiro atoms. The Bertz CT molecular complexity index is 1130. The lowest BCUT2D eigenvalue weighted by Crippen LogP contribution is -2.54. The summed E-state index contributed by atoms with van der Waals surface area (Å²) in [5.74, 6) is -0.402. The molecule has 3 aromatic rings. The van der Waals surface area contributed by atoms with Gasteiger partial charge in [-0.15, -0.1) is 0 Å². The van der Waals surface area contributed by atoms with Crippen molar-refractivity contribution >= 4 is 11.8 Å². The van der Waals surface area contributed by atoms with Crippen LogP contribution in [0, 0.1) is 11.2 Å². The van der Waals surface area contributed by atoms with E-state index in [1.165, 1.54) is 6.07 Å². The number of aromatic nitrogens is 1. The maximum Gasteiger partial charge on any atom is 0.272 e. The summed E-state index contributed by atoms with van der Waals surface area (Å²) in [6, 6.07) is 19.6. The number of amides is 2. The molecule has 1 aliphatic rings. The molecule has 4 rings (SSSR count). The quantitative estimate of drug-likeness (QED) is 0.583. The Hall–Kier alpha value is -3.54. The van der Waals surface area contributed by atoms with E-state index in [0.29, 0.717) is 37.2 Å². The van der Waals surface area contributed by atoms with Gasteiger partial charge >= 0.3 is 0 Å². The highest BCUT2D eigenvalue weighted by atomic mass is 19.1. The van der Waals surface area contributed by atoms with Crippen LogP contribution in [0.25, 0.3) is 11.1 Å². The summed E-state index contributed by atoms with van der Waals surface area (Å²) in [6.07, 6.45) is 3.55. The maximum atomic E-state index is 14.2. The van der Waals surface area contributed by atoms with E-state index < -0.39 is 5.41 Å². The number of rotatable bonds is 5. The van der Waals surface area contributed by atoms with Crippen LogP contribution < -0.4 is 0 Å². The highest BCUT2D eigenvalue weighted by Gasteiger charge is 2.44. The second-order valence-corrected chi connectivity index (χ2v) is 8.88. The zero-order valence-corrected chi connectivity index (χ0v) is 19.0. The predicted molar refractivity (Wildman–Crippen MR) is 126 cm³/mol. The van der Waals surface area contributed by atoms with E-state index in [0.717, 1.165) is 17.5 Å². The minimum Gasteiger partial charge on any atom is -0.348 e. The van der Waals surface area contributed by atoms with Crippen LogP contribution >= 0.6 is 0 Å². The van der Waals surface area contributed by atoms with Gasteiger partial charge in [-0.2, -0.15) is 0 Å². The fourth-order valence-corrected chi connectivity index (χ4v) is 4.71. The molecule has 6 heteroatoms. The number of hydrogen-bond acceptors (Lipinski definition) is 3.